The number of hydrogen-bond donors (Lipinski definition) is 0. The highest BCUT2D eigenvalue weighted by atomic mass is 15.0. The Morgan fingerprint density at radius 3 is 1.36 bits per heavy atom. The minimum Gasteiger partial charge on any atom is -0.309 e. The maximum Gasteiger partial charge on any atom is 0.0651 e. The zero-order valence-electron chi connectivity index (χ0n) is 56.0. The average Bonchev–Trinajstić information content (AvgIpc) is 4.09. The highest BCUT2D eigenvalue weighted by molar-refractivity contribution is 6.12. The lowest BCUT2D eigenvalue weighted by Gasteiger charge is -2.14. The summed E-state index contributed by atoms with van der Waals surface area (Å²) in [7, 11) is 0. The van der Waals surface area contributed by atoms with Crippen molar-refractivity contribution in [2.45, 2.75) is 0 Å². The summed E-state index contributed by atoms with van der Waals surface area (Å²) in [5.74, 6) is 0. The van der Waals surface area contributed by atoms with E-state index in [1.807, 2.05) is 0 Å². The number of nitrogens with zero attached hydrogens (tertiary/aromatic N) is 2. The van der Waals surface area contributed by atoms with E-state index in [4.69, 9.17) is 27.4 Å². The van der Waals surface area contributed by atoms with Crippen LogP contribution in [0.25, 0.3) is 88.4 Å². The molecule has 0 aliphatic heterocycles. The second-order valence-electron chi connectivity index (χ2n) is 10.6. The van der Waals surface area contributed by atoms with Crippen molar-refractivity contribution in [2.24, 2.45) is 0 Å². The van der Waals surface area contributed by atoms with Crippen LogP contribution in [0, 0.1) is 0 Å². The summed E-state index contributed by atoms with van der Waals surface area (Å²) >= 11 is 0. The molecule has 0 saturated heterocycles. The van der Waals surface area contributed by atoms with Gasteiger partial charge in [-0.25, -0.2) is 0 Å². The predicted molar refractivity (Wildman–Crippen MR) is 211 cm³/mol. The molecule has 0 amide bonds. The van der Waals surface area contributed by atoms with Crippen LogP contribution in [0.15, 0.2) is 193 Å². The van der Waals surface area contributed by atoms with Crippen LogP contribution in [0.1, 0.15) is 42.5 Å². The van der Waals surface area contributed by atoms with Gasteiger partial charge in [-0.15, -0.1) is 0 Å². The SMILES string of the molecule is [2H]c1cc(-c2c([2H])c(-c3c([2H])c([2H])c([2H])c([2H])c3[2H])c([2H])c(-n3c4c([2H])c([2H])c([2H])c([2H])c4c4c([2H])c(-c5c([2H])c([2H])c6c(c5[2H])c5c([2H])c([2H])c([2H])c([2H])c5n6-c5c([2H])c([2H])c([2H])c([2H])c5[2H])c([2H])c([2H])c43)c2[2H])c([2H])c([2H])c1[2H]. The second kappa shape index (κ2) is 11.5. The maximum absolute atomic E-state index is 9.96. The Kier molecular flexibility index (Phi) is 2.58. The fourth-order valence-corrected chi connectivity index (χ4v) is 5.70. The van der Waals surface area contributed by atoms with E-state index in [2.05, 4.69) is 0 Å². The Labute approximate surface area is 334 Å². The molecule has 0 aliphatic carbocycles. The molecule has 2 heteroatoms. The van der Waals surface area contributed by atoms with Crippen LogP contribution in [0.5, 0.6) is 0 Å². The summed E-state index contributed by atoms with van der Waals surface area (Å²) < 4.78 is 280. The molecule has 2 aromatic heterocycles. The molecule has 0 bridgehead atoms. The molecule has 0 unspecified atom stereocenters. The van der Waals surface area contributed by atoms with Crippen molar-refractivity contribution in [2.75, 3.05) is 0 Å². The number of rotatable bonds is 5. The summed E-state index contributed by atoms with van der Waals surface area (Å²) in [6, 6.07) is -28.8. The van der Waals surface area contributed by atoms with Crippen LogP contribution in [0.2, 0.25) is 0 Å². The van der Waals surface area contributed by atoms with Crippen LogP contribution < -0.4 is 0 Å². The van der Waals surface area contributed by atoms with E-state index in [0.717, 1.165) is 10.6 Å². The summed E-state index contributed by atoms with van der Waals surface area (Å²) in [4.78, 5) is 0. The van der Waals surface area contributed by atoms with Crippen LogP contribution in [0.3, 0.4) is 0 Å². The van der Waals surface area contributed by atoms with Crippen molar-refractivity contribution >= 4 is 43.6 Å². The number of benzene rings is 8. The molecular weight excluding hydrogens is 605 g/mol. The Bertz CT molecular complexity index is 4590. The molecule has 0 aliphatic rings. The first-order chi connectivity index (χ1) is 37.7. The minimum absolute atomic E-state index is 0.587. The zero-order valence-corrected chi connectivity index (χ0v) is 25.0. The Morgan fingerprint density at radius 2 is 0.740 bits per heavy atom. The molecular formula is C48H32N2. The van der Waals surface area contributed by atoms with Crippen molar-refractivity contribution in [3.63, 3.8) is 0 Å². The molecule has 0 radical (unpaired) electrons. The quantitative estimate of drug-likeness (QED) is 0.173. The monoisotopic (exact) mass is 667 g/mol. The van der Waals surface area contributed by atoms with Crippen molar-refractivity contribution in [1.29, 1.82) is 0 Å². The van der Waals surface area contributed by atoms with E-state index in [0.29, 0.717) is 4.57 Å². The maximum atomic E-state index is 9.96. The summed E-state index contributed by atoms with van der Waals surface area (Å²) in [5, 5.41) is -2.62. The highest BCUT2D eigenvalue weighted by Gasteiger charge is 2.17. The standard InChI is InChI=1S/C48H32N2/c1-4-14-33(15-5-1)37-28-38(34-16-6-2-7-17-34)30-40(29-37)50-46-23-13-11-21-42(46)44-32-36(25-27-48(44)50)35-24-26-47-43(31-35)41-20-10-12-22-45(41)49(47)39-18-8-3-9-19-39/h1-32H/i1D,2D,3D,4D,5D,6D,7D,8D,9D,10D,11D,12D,13D,14D,15D,16D,18D,19D,20D,21D,22D,23D,24D,25D,26D,27D,28D,29D,30D,31D,32D. The van der Waals surface area contributed by atoms with Gasteiger partial charge in [0.15, 0.2) is 0 Å². The van der Waals surface area contributed by atoms with E-state index >= 15 is 0 Å². The fraction of sp³-hybridized carbons (Fsp3) is 0. The second-order valence-corrected chi connectivity index (χ2v) is 10.6. The molecule has 234 valence electrons. The molecule has 0 spiro atoms. The Hall–Kier alpha value is -6.64. The largest absolute Gasteiger partial charge is 0.309 e. The summed E-state index contributed by atoms with van der Waals surface area (Å²) in [6.45, 7) is 0. The molecule has 10 rings (SSSR count). The van der Waals surface area contributed by atoms with Gasteiger partial charge in [0, 0.05) is 32.9 Å². The lowest BCUT2D eigenvalue weighted by atomic mass is 9.98. The zero-order chi connectivity index (χ0) is 60.0. The third-order valence-corrected chi connectivity index (χ3v) is 7.80. The van der Waals surface area contributed by atoms with Gasteiger partial charge in [-0.1, -0.05) is 127 Å². The molecule has 50 heavy (non-hydrogen) atoms. The first-order valence-corrected chi connectivity index (χ1v) is 14.7. The number of aromatic nitrogens is 2. The molecule has 2 nitrogen and oxygen atoms in total. The lowest BCUT2D eigenvalue weighted by Crippen LogP contribution is -1.96. The van der Waals surface area contributed by atoms with E-state index in [1.165, 1.54) is 0 Å². The van der Waals surface area contributed by atoms with Crippen molar-refractivity contribution in [1.82, 2.24) is 9.13 Å². The normalized spacial score (nSPS) is 20.3. The van der Waals surface area contributed by atoms with E-state index < -0.39 is 276 Å². The van der Waals surface area contributed by atoms with Crippen molar-refractivity contribution in [3.05, 3.63) is 193 Å². The van der Waals surface area contributed by atoms with Gasteiger partial charge in [-0.2, -0.15) is 0 Å². The minimum atomic E-state index is -1.12. The van der Waals surface area contributed by atoms with Gasteiger partial charge in [0.25, 0.3) is 0 Å². The third kappa shape index (κ3) is 4.57. The number of para-hydroxylation sites is 3. The molecule has 0 saturated carbocycles. The number of hydrogen-bond acceptors (Lipinski definition) is 0. The third-order valence-electron chi connectivity index (χ3n) is 7.80. The molecule has 0 N–H and O–H groups in total. The smallest absolute Gasteiger partial charge is 0.0651 e. The van der Waals surface area contributed by atoms with Crippen LogP contribution in [-0.4, -0.2) is 9.13 Å². The molecule has 2 heterocycles. The van der Waals surface area contributed by atoms with Crippen molar-refractivity contribution < 1.29 is 42.5 Å². The topological polar surface area (TPSA) is 9.86 Å². The highest BCUT2D eigenvalue weighted by Crippen LogP contribution is 2.39. The van der Waals surface area contributed by atoms with E-state index in [1.54, 1.807) is 0 Å². The lowest BCUT2D eigenvalue weighted by molar-refractivity contribution is 1.18. The van der Waals surface area contributed by atoms with Gasteiger partial charge in [0.2, 0.25) is 0 Å². The van der Waals surface area contributed by atoms with E-state index in [-0.39, 0.29) is 0 Å². The first-order valence-electron chi connectivity index (χ1n) is 30.2. The van der Waals surface area contributed by atoms with Gasteiger partial charge >= 0.3 is 0 Å². The van der Waals surface area contributed by atoms with Gasteiger partial charge in [-0.05, 0) is 99.8 Å². The van der Waals surface area contributed by atoms with Crippen LogP contribution in [0.4, 0.5) is 0 Å². The number of fused-ring (bicyclic) bond motifs is 6. The molecule has 0 atom stereocenters. The van der Waals surface area contributed by atoms with Gasteiger partial charge in [0.05, 0.1) is 64.6 Å². The van der Waals surface area contributed by atoms with Gasteiger partial charge in [-0.3, -0.25) is 0 Å². The molecule has 10 aromatic rings. The fourth-order valence-electron chi connectivity index (χ4n) is 5.70. The van der Waals surface area contributed by atoms with E-state index in [9.17, 15) is 15.1 Å². The van der Waals surface area contributed by atoms with Gasteiger partial charge < -0.3 is 9.13 Å². The predicted octanol–water partition coefficient (Wildman–Crippen LogP) is 12.9. The molecule has 8 aromatic carbocycles. The molecule has 0 fully saturated rings. The first kappa shape index (κ1) is 11.2. The Balaban J connectivity index is 1.45. The van der Waals surface area contributed by atoms with Crippen LogP contribution >= 0.6 is 0 Å². The summed E-state index contributed by atoms with van der Waals surface area (Å²) in [6.07, 6.45) is 0. The van der Waals surface area contributed by atoms with Crippen LogP contribution in [-0.2, 0) is 0 Å². The van der Waals surface area contributed by atoms with Gasteiger partial charge in [0.1, 0.15) is 0 Å². The average molecular weight is 668 g/mol. The summed E-state index contributed by atoms with van der Waals surface area (Å²) in [5.41, 5.74) is -9.40. The van der Waals surface area contributed by atoms with Crippen molar-refractivity contribution in [3.8, 4) is 44.8 Å². The Morgan fingerprint density at radius 1 is 0.280 bits per heavy atom.